The lowest BCUT2D eigenvalue weighted by Gasteiger charge is -2.05. The highest BCUT2D eigenvalue weighted by Crippen LogP contribution is 2.17. The smallest absolute Gasteiger partial charge is 0.310 e. The molecule has 0 unspecified atom stereocenters. The average molecular weight is 198 g/mol. The fourth-order valence-corrected chi connectivity index (χ4v) is 1.41. The molecular weight excluding hydrogens is 184 g/mol. The molecule has 0 aliphatic heterocycles. The number of allylic oxidation sites excluding steroid dienone is 1. The molecule has 0 heterocycles. The van der Waals surface area contributed by atoms with Gasteiger partial charge in [0.1, 0.15) is 0 Å². The first-order chi connectivity index (χ1) is 6.63. The molecule has 0 aromatic heterocycles. The van der Waals surface area contributed by atoms with Crippen molar-refractivity contribution in [3.8, 4) is 0 Å². The van der Waals surface area contributed by atoms with Gasteiger partial charge in [-0.25, -0.2) is 0 Å². The van der Waals surface area contributed by atoms with Crippen LogP contribution in [0.1, 0.15) is 25.7 Å². The molecule has 0 amide bonds. The highest BCUT2D eigenvalue weighted by atomic mass is 16.5. The third-order valence-electron chi connectivity index (χ3n) is 2.23. The summed E-state index contributed by atoms with van der Waals surface area (Å²) < 4.78 is 4.47. The Labute approximate surface area is 82.6 Å². The number of carbonyl (C=O) groups is 2. The van der Waals surface area contributed by atoms with Gasteiger partial charge < -0.3 is 9.84 Å². The molecule has 0 spiro atoms. The van der Waals surface area contributed by atoms with E-state index in [0.29, 0.717) is 18.4 Å². The van der Waals surface area contributed by atoms with E-state index in [4.69, 9.17) is 0 Å². The Balaban J connectivity index is 2.62. The van der Waals surface area contributed by atoms with Gasteiger partial charge in [-0.2, -0.15) is 0 Å². The van der Waals surface area contributed by atoms with Crippen LogP contribution in [0.25, 0.3) is 0 Å². The minimum Gasteiger partial charge on any atom is -0.469 e. The first kappa shape index (κ1) is 10.9. The molecule has 0 fully saturated rings. The van der Waals surface area contributed by atoms with Crippen LogP contribution in [-0.2, 0) is 14.3 Å². The zero-order chi connectivity index (χ0) is 10.6. The van der Waals surface area contributed by atoms with E-state index in [1.807, 2.05) is 0 Å². The number of hydrogen-bond acceptors (Lipinski definition) is 4. The second-order valence-corrected chi connectivity index (χ2v) is 3.34. The maximum absolute atomic E-state index is 11.4. The fourth-order valence-electron chi connectivity index (χ4n) is 1.41. The monoisotopic (exact) mass is 198 g/mol. The maximum atomic E-state index is 11.4. The van der Waals surface area contributed by atoms with E-state index >= 15 is 0 Å². The Morgan fingerprint density at radius 2 is 2.43 bits per heavy atom. The Morgan fingerprint density at radius 3 is 3.07 bits per heavy atom. The van der Waals surface area contributed by atoms with Crippen LogP contribution in [0, 0.1) is 0 Å². The Bertz CT molecular complexity index is 267. The predicted molar refractivity (Wildman–Crippen MR) is 49.6 cm³/mol. The van der Waals surface area contributed by atoms with Gasteiger partial charge >= 0.3 is 5.97 Å². The molecule has 1 atom stereocenters. The number of aliphatic hydroxyl groups excluding tert-OH is 1. The van der Waals surface area contributed by atoms with Crippen molar-refractivity contribution in [2.75, 3.05) is 7.11 Å². The molecule has 1 aliphatic rings. The van der Waals surface area contributed by atoms with Gasteiger partial charge in [-0.05, 0) is 12.8 Å². The zero-order valence-electron chi connectivity index (χ0n) is 8.16. The number of esters is 1. The SMILES string of the molecule is COC(=O)CC1=CCC[C@@H](O)CC1=O. The van der Waals surface area contributed by atoms with Crippen LogP contribution in [0.2, 0.25) is 0 Å². The van der Waals surface area contributed by atoms with Gasteiger partial charge in [0.25, 0.3) is 0 Å². The number of aliphatic hydroxyl groups is 1. The van der Waals surface area contributed by atoms with Crippen LogP contribution in [0.15, 0.2) is 11.6 Å². The molecule has 0 saturated carbocycles. The van der Waals surface area contributed by atoms with Gasteiger partial charge in [-0.3, -0.25) is 9.59 Å². The van der Waals surface area contributed by atoms with E-state index in [0.717, 1.165) is 0 Å². The van der Waals surface area contributed by atoms with Crippen LogP contribution in [0.5, 0.6) is 0 Å². The summed E-state index contributed by atoms with van der Waals surface area (Å²) >= 11 is 0. The average Bonchev–Trinajstić information content (AvgIpc) is 2.29. The molecule has 14 heavy (non-hydrogen) atoms. The number of ketones is 1. The Morgan fingerprint density at radius 1 is 1.71 bits per heavy atom. The van der Waals surface area contributed by atoms with Gasteiger partial charge in [0, 0.05) is 12.0 Å². The third kappa shape index (κ3) is 2.96. The summed E-state index contributed by atoms with van der Waals surface area (Å²) in [6, 6.07) is 0. The second kappa shape index (κ2) is 4.91. The molecule has 0 aromatic carbocycles. The van der Waals surface area contributed by atoms with Crippen molar-refractivity contribution in [2.45, 2.75) is 31.8 Å². The van der Waals surface area contributed by atoms with Gasteiger partial charge in [-0.15, -0.1) is 0 Å². The molecule has 1 aliphatic carbocycles. The molecule has 0 aromatic rings. The van der Waals surface area contributed by atoms with Gasteiger partial charge in [0.15, 0.2) is 5.78 Å². The highest BCUT2D eigenvalue weighted by molar-refractivity contribution is 5.99. The topological polar surface area (TPSA) is 63.6 Å². The molecular formula is C10H14O4. The third-order valence-corrected chi connectivity index (χ3v) is 2.23. The van der Waals surface area contributed by atoms with Crippen LogP contribution >= 0.6 is 0 Å². The molecule has 0 bridgehead atoms. The fraction of sp³-hybridized carbons (Fsp3) is 0.600. The Kier molecular flexibility index (Phi) is 3.83. The summed E-state index contributed by atoms with van der Waals surface area (Å²) in [4.78, 5) is 22.4. The number of ether oxygens (including phenoxy) is 1. The number of hydrogen-bond donors (Lipinski definition) is 1. The van der Waals surface area contributed by atoms with Crippen molar-refractivity contribution < 1.29 is 19.4 Å². The molecule has 1 N–H and O–H groups in total. The molecule has 78 valence electrons. The van der Waals surface area contributed by atoms with Crippen molar-refractivity contribution in [2.24, 2.45) is 0 Å². The number of rotatable bonds is 2. The van der Waals surface area contributed by atoms with E-state index < -0.39 is 12.1 Å². The summed E-state index contributed by atoms with van der Waals surface area (Å²) in [7, 11) is 1.29. The normalized spacial score (nSPS) is 22.6. The summed E-state index contributed by atoms with van der Waals surface area (Å²) in [5, 5.41) is 9.30. The predicted octanol–water partition coefficient (Wildman–Crippen LogP) is 0.590. The number of Topliss-reactive ketones (excluding diaryl/α,β-unsaturated/α-hetero) is 1. The van der Waals surface area contributed by atoms with E-state index in [9.17, 15) is 14.7 Å². The maximum Gasteiger partial charge on any atom is 0.310 e. The van der Waals surface area contributed by atoms with Gasteiger partial charge in [0.2, 0.25) is 0 Å². The largest absolute Gasteiger partial charge is 0.469 e. The summed E-state index contributed by atoms with van der Waals surface area (Å²) in [5.41, 5.74) is 0.466. The van der Waals surface area contributed by atoms with Gasteiger partial charge in [0.05, 0.1) is 19.6 Å². The highest BCUT2D eigenvalue weighted by Gasteiger charge is 2.20. The van der Waals surface area contributed by atoms with Crippen molar-refractivity contribution >= 4 is 11.8 Å². The van der Waals surface area contributed by atoms with E-state index in [1.54, 1.807) is 6.08 Å². The summed E-state index contributed by atoms with van der Waals surface area (Å²) in [6.45, 7) is 0. The Hall–Kier alpha value is -1.16. The van der Waals surface area contributed by atoms with Crippen molar-refractivity contribution in [1.82, 2.24) is 0 Å². The van der Waals surface area contributed by atoms with Crippen molar-refractivity contribution in [3.63, 3.8) is 0 Å². The van der Waals surface area contributed by atoms with Crippen molar-refractivity contribution in [1.29, 1.82) is 0 Å². The van der Waals surface area contributed by atoms with E-state index in [1.165, 1.54) is 7.11 Å². The quantitative estimate of drug-likeness (QED) is 0.659. The second-order valence-electron chi connectivity index (χ2n) is 3.34. The van der Waals surface area contributed by atoms with E-state index in [2.05, 4.69) is 4.74 Å². The van der Waals surface area contributed by atoms with Crippen LogP contribution in [0.3, 0.4) is 0 Å². The summed E-state index contributed by atoms with van der Waals surface area (Å²) in [6.07, 6.45) is 2.49. The first-order valence-electron chi connectivity index (χ1n) is 4.60. The minimum atomic E-state index is -0.575. The lowest BCUT2D eigenvalue weighted by Crippen LogP contribution is -2.14. The van der Waals surface area contributed by atoms with Crippen LogP contribution in [-0.4, -0.2) is 30.1 Å². The molecule has 4 nitrogen and oxygen atoms in total. The van der Waals surface area contributed by atoms with Gasteiger partial charge in [-0.1, -0.05) is 6.08 Å². The molecule has 1 rings (SSSR count). The van der Waals surface area contributed by atoms with Crippen LogP contribution < -0.4 is 0 Å². The standard InChI is InChI=1S/C10H14O4/c1-14-10(13)5-7-3-2-4-8(11)6-9(7)12/h3,8,11H,2,4-6H2,1H3/t8-/m1/s1. The van der Waals surface area contributed by atoms with Crippen molar-refractivity contribution in [3.05, 3.63) is 11.6 Å². The van der Waals surface area contributed by atoms with E-state index in [-0.39, 0.29) is 18.6 Å². The molecule has 4 heteroatoms. The summed E-state index contributed by atoms with van der Waals surface area (Å²) in [5.74, 6) is -0.568. The molecule has 0 saturated heterocycles. The van der Waals surface area contributed by atoms with Crippen LogP contribution in [0.4, 0.5) is 0 Å². The minimum absolute atomic E-state index is 0.0159. The zero-order valence-corrected chi connectivity index (χ0v) is 8.16. The number of carbonyl (C=O) groups excluding carboxylic acids is 2. The molecule has 0 radical (unpaired) electrons. The lowest BCUT2D eigenvalue weighted by atomic mass is 10.1. The first-order valence-corrected chi connectivity index (χ1v) is 4.60. The lowest BCUT2D eigenvalue weighted by molar-refractivity contribution is -0.140. The number of methoxy groups -OCH3 is 1.